The molecule has 2 amide bonds. The Bertz CT molecular complexity index is 1180. The zero-order valence-corrected chi connectivity index (χ0v) is 20.9. The number of anilines is 2. The van der Waals surface area contributed by atoms with Crippen molar-refractivity contribution in [3.05, 3.63) is 35.9 Å². The zero-order chi connectivity index (χ0) is 24.7. The van der Waals surface area contributed by atoms with Crippen LogP contribution in [0, 0.1) is 0 Å². The number of thiazole rings is 1. The number of carbonyl (C=O) groups is 2. The number of hydrogen-bond acceptors (Lipinski definition) is 8. The molecule has 180 valence electrons. The SMILES string of the molecule is CCOc1cc(C(=O)NC(=S)Nc2nc3ccc(NC(C)=O)cc3s2)cc(OCC)c1OCC. The summed E-state index contributed by atoms with van der Waals surface area (Å²) in [7, 11) is 0. The Hall–Kier alpha value is -3.44. The quantitative estimate of drug-likeness (QED) is 0.365. The van der Waals surface area contributed by atoms with Gasteiger partial charge in [0.05, 0.1) is 30.0 Å². The van der Waals surface area contributed by atoms with E-state index < -0.39 is 5.91 Å². The van der Waals surface area contributed by atoms with Gasteiger partial charge in [-0.2, -0.15) is 0 Å². The van der Waals surface area contributed by atoms with Gasteiger partial charge in [0, 0.05) is 18.2 Å². The molecule has 9 nitrogen and oxygen atoms in total. The minimum Gasteiger partial charge on any atom is -0.490 e. The number of hydrogen-bond donors (Lipinski definition) is 3. The second kappa shape index (κ2) is 11.6. The predicted octanol–water partition coefficient (Wildman–Crippen LogP) is 4.58. The van der Waals surface area contributed by atoms with Gasteiger partial charge in [-0.3, -0.25) is 14.9 Å². The van der Waals surface area contributed by atoms with Crippen LogP contribution in [0.2, 0.25) is 0 Å². The third kappa shape index (κ3) is 6.33. The van der Waals surface area contributed by atoms with Crippen LogP contribution in [0.3, 0.4) is 0 Å². The summed E-state index contributed by atoms with van der Waals surface area (Å²) in [6.45, 7) is 8.23. The third-order valence-electron chi connectivity index (χ3n) is 4.33. The molecule has 1 aromatic heterocycles. The van der Waals surface area contributed by atoms with Crippen molar-refractivity contribution in [2.45, 2.75) is 27.7 Å². The molecule has 3 N–H and O–H groups in total. The van der Waals surface area contributed by atoms with Crippen molar-refractivity contribution in [2.75, 3.05) is 30.5 Å². The van der Waals surface area contributed by atoms with Crippen LogP contribution in [0.15, 0.2) is 30.3 Å². The van der Waals surface area contributed by atoms with Gasteiger partial charge in [0.2, 0.25) is 11.7 Å². The molecule has 0 radical (unpaired) electrons. The maximum absolute atomic E-state index is 12.9. The van der Waals surface area contributed by atoms with Crippen LogP contribution >= 0.6 is 23.6 Å². The number of rotatable bonds is 9. The van der Waals surface area contributed by atoms with Crippen LogP contribution < -0.4 is 30.2 Å². The monoisotopic (exact) mass is 502 g/mol. The van der Waals surface area contributed by atoms with E-state index in [-0.39, 0.29) is 11.0 Å². The van der Waals surface area contributed by atoms with E-state index in [4.69, 9.17) is 26.4 Å². The van der Waals surface area contributed by atoms with Crippen molar-refractivity contribution in [1.82, 2.24) is 10.3 Å². The predicted molar refractivity (Wildman–Crippen MR) is 138 cm³/mol. The maximum Gasteiger partial charge on any atom is 0.257 e. The minimum absolute atomic E-state index is 0.0935. The molecule has 0 saturated heterocycles. The van der Waals surface area contributed by atoms with Gasteiger partial charge in [0.25, 0.3) is 5.91 Å². The highest BCUT2D eigenvalue weighted by Gasteiger charge is 2.19. The summed E-state index contributed by atoms with van der Waals surface area (Å²) in [5.74, 6) is 0.703. The summed E-state index contributed by atoms with van der Waals surface area (Å²) in [6, 6.07) is 8.58. The lowest BCUT2D eigenvalue weighted by Crippen LogP contribution is -2.34. The number of benzene rings is 2. The fraction of sp³-hybridized carbons (Fsp3) is 0.304. The number of nitrogens with zero attached hydrogens (tertiary/aromatic N) is 1. The zero-order valence-electron chi connectivity index (χ0n) is 19.3. The summed E-state index contributed by atoms with van der Waals surface area (Å²) < 4.78 is 17.9. The highest BCUT2D eigenvalue weighted by atomic mass is 32.1. The average Bonchev–Trinajstić information content (AvgIpc) is 3.16. The molecule has 3 aromatic rings. The van der Waals surface area contributed by atoms with Gasteiger partial charge >= 0.3 is 0 Å². The highest BCUT2D eigenvalue weighted by molar-refractivity contribution is 7.80. The van der Waals surface area contributed by atoms with Crippen molar-refractivity contribution in [3.63, 3.8) is 0 Å². The third-order valence-corrected chi connectivity index (χ3v) is 5.47. The van der Waals surface area contributed by atoms with E-state index in [0.717, 1.165) is 10.2 Å². The van der Waals surface area contributed by atoms with E-state index in [1.54, 1.807) is 24.3 Å². The molecule has 3 rings (SSSR count). The van der Waals surface area contributed by atoms with Crippen LogP contribution in [0.1, 0.15) is 38.1 Å². The maximum atomic E-state index is 12.9. The van der Waals surface area contributed by atoms with Crippen LogP contribution in [0.5, 0.6) is 17.2 Å². The van der Waals surface area contributed by atoms with Gasteiger partial charge in [-0.15, -0.1) is 0 Å². The normalized spacial score (nSPS) is 10.5. The lowest BCUT2D eigenvalue weighted by molar-refractivity contribution is -0.114. The first-order valence-corrected chi connectivity index (χ1v) is 11.9. The Morgan fingerprint density at radius 1 is 0.971 bits per heavy atom. The first-order valence-electron chi connectivity index (χ1n) is 10.7. The molecule has 0 fully saturated rings. The highest BCUT2D eigenvalue weighted by Crippen LogP contribution is 2.39. The Morgan fingerprint density at radius 3 is 2.21 bits per heavy atom. The molecule has 0 unspecified atom stereocenters. The van der Waals surface area contributed by atoms with Crippen molar-refractivity contribution in [2.24, 2.45) is 0 Å². The van der Waals surface area contributed by atoms with Crippen molar-refractivity contribution in [1.29, 1.82) is 0 Å². The van der Waals surface area contributed by atoms with Gasteiger partial charge in [0.1, 0.15) is 0 Å². The Balaban J connectivity index is 1.75. The Labute approximate surface area is 206 Å². The summed E-state index contributed by atoms with van der Waals surface area (Å²) in [4.78, 5) is 28.6. The first kappa shape index (κ1) is 25.2. The molecule has 1 heterocycles. The summed E-state index contributed by atoms with van der Waals surface area (Å²) in [5.41, 5.74) is 1.73. The average molecular weight is 503 g/mol. The number of fused-ring (bicyclic) bond motifs is 1. The Kier molecular flexibility index (Phi) is 8.61. The number of thiocarbonyl (C=S) groups is 1. The molecule has 0 bridgehead atoms. The fourth-order valence-corrected chi connectivity index (χ4v) is 4.25. The van der Waals surface area contributed by atoms with E-state index >= 15 is 0 Å². The van der Waals surface area contributed by atoms with Gasteiger partial charge in [-0.25, -0.2) is 4.98 Å². The minimum atomic E-state index is -0.434. The van der Waals surface area contributed by atoms with Gasteiger partial charge in [-0.1, -0.05) is 11.3 Å². The number of ether oxygens (including phenoxy) is 3. The van der Waals surface area contributed by atoms with Crippen LogP contribution in [0.25, 0.3) is 10.2 Å². The summed E-state index contributed by atoms with van der Waals surface area (Å²) in [6.07, 6.45) is 0. The van der Waals surface area contributed by atoms with E-state index in [1.807, 2.05) is 26.8 Å². The molecule has 0 saturated carbocycles. The second-order valence-electron chi connectivity index (χ2n) is 6.89. The van der Waals surface area contributed by atoms with Crippen molar-refractivity contribution >= 4 is 61.5 Å². The lowest BCUT2D eigenvalue weighted by Gasteiger charge is -2.17. The molecule has 0 spiro atoms. The number of carbonyl (C=O) groups excluding carboxylic acids is 2. The van der Waals surface area contributed by atoms with Crippen LogP contribution in [-0.2, 0) is 4.79 Å². The summed E-state index contributed by atoms with van der Waals surface area (Å²) >= 11 is 6.66. The molecule has 0 aliphatic carbocycles. The molecular formula is C23H26N4O5S2. The molecule has 0 atom stereocenters. The number of nitrogens with one attached hydrogen (secondary N) is 3. The van der Waals surface area contributed by atoms with Crippen LogP contribution in [-0.4, -0.2) is 41.7 Å². The standard InChI is InChI=1S/C23H26N4O5S2/c1-5-30-17-10-14(11-18(31-6-2)20(17)32-7-3)21(29)26-22(33)27-23-25-16-9-8-15(24-13(4)28)12-19(16)34-23/h8-12H,5-7H2,1-4H3,(H,24,28)(H2,25,26,27,29,33). The molecule has 0 aliphatic rings. The number of aromatic nitrogens is 1. The summed E-state index contributed by atoms with van der Waals surface area (Å²) in [5, 5.41) is 8.93. The fourth-order valence-electron chi connectivity index (χ4n) is 3.08. The van der Waals surface area contributed by atoms with E-state index in [2.05, 4.69) is 20.9 Å². The van der Waals surface area contributed by atoms with E-state index in [9.17, 15) is 9.59 Å². The Morgan fingerprint density at radius 2 is 1.62 bits per heavy atom. The van der Waals surface area contributed by atoms with Crippen molar-refractivity contribution in [3.8, 4) is 17.2 Å². The number of amides is 2. The lowest BCUT2D eigenvalue weighted by atomic mass is 10.1. The topological polar surface area (TPSA) is 111 Å². The molecular weight excluding hydrogens is 476 g/mol. The molecule has 0 aliphatic heterocycles. The van der Waals surface area contributed by atoms with Crippen molar-refractivity contribution < 1.29 is 23.8 Å². The molecule has 2 aromatic carbocycles. The van der Waals surface area contributed by atoms with Crippen LogP contribution in [0.4, 0.5) is 10.8 Å². The smallest absolute Gasteiger partial charge is 0.257 e. The van der Waals surface area contributed by atoms with E-state index in [1.165, 1.54) is 18.3 Å². The van der Waals surface area contributed by atoms with Gasteiger partial charge < -0.3 is 24.8 Å². The van der Waals surface area contributed by atoms with E-state index in [0.29, 0.717) is 53.5 Å². The molecule has 11 heteroatoms. The molecule has 34 heavy (non-hydrogen) atoms. The van der Waals surface area contributed by atoms with Gasteiger partial charge in [0.15, 0.2) is 21.7 Å². The van der Waals surface area contributed by atoms with Gasteiger partial charge in [-0.05, 0) is 63.3 Å². The first-order chi connectivity index (χ1) is 16.3. The second-order valence-corrected chi connectivity index (χ2v) is 8.33. The largest absolute Gasteiger partial charge is 0.490 e.